The number of halogens is 2. The van der Waals surface area contributed by atoms with Crippen molar-refractivity contribution < 1.29 is 13.5 Å². The number of hydrogen-bond donors (Lipinski definition) is 2. The fraction of sp³-hybridized carbons (Fsp3) is 0.455. The number of rotatable bonds is 5. The third-order valence-electron chi connectivity index (χ3n) is 2.17. The molecule has 0 fully saturated rings. The molecule has 0 aliphatic rings. The molecule has 4 N–H and O–H groups in total. The lowest BCUT2D eigenvalue weighted by Crippen LogP contribution is -2.22. The van der Waals surface area contributed by atoms with Crippen molar-refractivity contribution >= 4 is 0 Å². The van der Waals surface area contributed by atoms with Gasteiger partial charge in [-0.1, -0.05) is 6.92 Å². The van der Waals surface area contributed by atoms with Gasteiger partial charge >= 0.3 is 0 Å². The largest absolute Gasteiger partial charge is 0.493 e. The van der Waals surface area contributed by atoms with Crippen LogP contribution in [0.3, 0.4) is 0 Å². The summed E-state index contributed by atoms with van der Waals surface area (Å²) in [5, 5.41) is 0. The van der Waals surface area contributed by atoms with Gasteiger partial charge in [-0.15, -0.1) is 0 Å². The molecule has 1 rings (SSSR count). The summed E-state index contributed by atoms with van der Waals surface area (Å²) >= 11 is 0. The molecule has 3 nitrogen and oxygen atoms in total. The molecule has 1 atom stereocenters. The molecule has 0 saturated carbocycles. The fourth-order valence-corrected chi connectivity index (χ4v) is 1.30. The lowest BCUT2D eigenvalue weighted by molar-refractivity contribution is 0.309. The average Bonchev–Trinajstić information content (AvgIpc) is 2.29. The molecule has 90 valence electrons. The van der Waals surface area contributed by atoms with Crippen LogP contribution in [0.2, 0.25) is 0 Å². The minimum absolute atomic E-state index is 0.146. The van der Waals surface area contributed by atoms with Gasteiger partial charge in [0, 0.05) is 24.2 Å². The Morgan fingerprint density at radius 1 is 1.31 bits per heavy atom. The Hall–Kier alpha value is -1.20. The molecule has 0 amide bonds. The van der Waals surface area contributed by atoms with Gasteiger partial charge in [0.15, 0.2) is 11.6 Å². The van der Waals surface area contributed by atoms with Gasteiger partial charge in [-0.3, -0.25) is 0 Å². The summed E-state index contributed by atoms with van der Waals surface area (Å²) in [6.07, 6.45) is 0.774. The minimum Gasteiger partial charge on any atom is -0.493 e. The van der Waals surface area contributed by atoms with E-state index in [1.165, 1.54) is 0 Å². The van der Waals surface area contributed by atoms with E-state index in [0.717, 1.165) is 18.6 Å². The fourth-order valence-electron chi connectivity index (χ4n) is 1.30. The second-order valence-corrected chi connectivity index (χ2v) is 3.49. The molecule has 0 spiro atoms. The number of nitrogens with two attached hydrogens (primary N) is 2. The summed E-state index contributed by atoms with van der Waals surface area (Å²) in [5.74, 6) is -1.62. The summed E-state index contributed by atoms with van der Waals surface area (Å²) < 4.78 is 31.4. The molecule has 0 heterocycles. The van der Waals surface area contributed by atoms with E-state index in [4.69, 9.17) is 16.2 Å². The van der Waals surface area contributed by atoms with E-state index in [1.54, 1.807) is 0 Å². The van der Waals surface area contributed by atoms with Gasteiger partial charge in [-0.2, -0.15) is 0 Å². The summed E-state index contributed by atoms with van der Waals surface area (Å²) in [4.78, 5) is 0. The molecule has 5 heteroatoms. The quantitative estimate of drug-likeness (QED) is 0.809. The zero-order chi connectivity index (χ0) is 12.1. The van der Waals surface area contributed by atoms with Crippen molar-refractivity contribution in [3.05, 3.63) is 29.3 Å². The summed E-state index contributed by atoms with van der Waals surface area (Å²) in [5.41, 5.74) is 11.5. The molecule has 0 saturated heterocycles. The molecule has 0 bridgehead atoms. The van der Waals surface area contributed by atoms with E-state index in [9.17, 15) is 8.78 Å². The van der Waals surface area contributed by atoms with Crippen molar-refractivity contribution in [2.24, 2.45) is 11.5 Å². The Kier molecular flexibility index (Phi) is 4.64. The molecule has 1 aromatic rings. The standard InChI is InChI=1S/C11H16F2N2O/c1-2-3-16-11-5-9(13)8(12)4-7(11)10(15)6-14/h4-5,10H,2-3,6,14-15H2,1H3. The SMILES string of the molecule is CCCOc1cc(F)c(F)cc1C(N)CN. The van der Waals surface area contributed by atoms with Crippen molar-refractivity contribution in [1.29, 1.82) is 0 Å². The normalized spacial score (nSPS) is 12.6. The molecule has 0 aliphatic carbocycles. The Morgan fingerprint density at radius 2 is 1.94 bits per heavy atom. The van der Waals surface area contributed by atoms with Crippen molar-refractivity contribution in [3.63, 3.8) is 0 Å². The molecular formula is C11H16F2N2O. The predicted molar refractivity (Wildman–Crippen MR) is 58.1 cm³/mol. The minimum atomic E-state index is -0.945. The topological polar surface area (TPSA) is 61.3 Å². The Labute approximate surface area is 93.4 Å². The number of benzene rings is 1. The molecule has 0 radical (unpaired) electrons. The van der Waals surface area contributed by atoms with Crippen LogP contribution in [0, 0.1) is 11.6 Å². The molecule has 1 aromatic carbocycles. The highest BCUT2D eigenvalue weighted by Gasteiger charge is 2.15. The van der Waals surface area contributed by atoms with Gasteiger partial charge in [-0.25, -0.2) is 8.78 Å². The molecule has 16 heavy (non-hydrogen) atoms. The predicted octanol–water partition coefficient (Wildman–Crippen LogP) is 1.71. The van der Waals surface area contributed by atoms with Crippen LogP contribution in [0.1, 0.15) is 24.9 Å². The van der Waals surface area contributed by atoms with Gasteiger partial charge in [0.2, 0.25) is 0 Å². The van der Waals surface area contributed by atoms with Crippen LogP contribution < -0.4 is 16.2 Å². The average molecular weight is 230 g/mol. The summed E-state index contributed by atoms with van der Waals surface area (Å²) in [6, 6.07) is 1.50. The first-order valence-electron chi connectivity index (χ1n) is 5.17. The maximum atomic E-state index is 13.1. The van der Waals surface area contributed by atoms with Gasteiger partial charge in [0.25, 0.3) is 0 Å². The highest BCUT2D eigenvalue weighted by molar-refractivity contribution is 5.37. The van der Waals surface area contributed by atoms with Gasteiger partial charge in [0.05, 0.1) is 6.61 Å². The second-order valence-electron chi connectivity index (χ2n) is 3.49. The van der Waals surface area contributed by atoms with Gasteiger partial charge in [0.1, 0.15) is 5.75 Å². The van der Waals surface area contributed by atoms with Crippen molar-refractivity contribution in [2.45, 2.75) is 19.4 Å². The zero-order valence-electron chi connectivity index (χ0n) is 9.17. The smallest absolute Gasteiger partial charge is 0.162 e. The van der Waals surface area contributed by atoms with Crippen LogP contribution in [0.15, 0.2) is 12.1 Å². The van der Waals surface area contributed by atoms with Crippen LogP contribution in [0.4, 0.5) is 8.78 Å². The summed E-state index contributed by atoms with van der Waals surface area (Å²) in [6.45, 7) is 2.49. The molecule has 1 unspecified atom stereocenters. The maximum Gasteiger partial charge on any atom is 0.162 e. The van der Waals surface area contributed by atoms with Crippen molar-refractivity contribution in [3.8, 4) is 5.75 Å². The third kappa shape index (κ3) is 2.90. The Morgan fingerprint density at radius 3 is 2.50 bits per heavy atom. The van der Waals surface area contributed by atoms with E-state index in [1.807, 2.05) is 6.92 Å². The van der Waals surface area contributed by atoms with E-state index < -0.39 is 17.7 Å². The van der Waals surface area contributed by atoms with E-state index in [0.29, 0.717) is 12.2 Å². The summed E-state index contributed by atoms with van der Waals surface area (Å²) in [7, 11) is 0. The first-order valence-corrected chi connectivity index (χ1v) is 5.17. The Bertz CT molecular complexity index is 358. The zero-order valence-corrected chi connectivity index (χ0v) is 9.17. The maximum absolute atomic E-state index is 13.1. The highest BCUT2D eigenvalue weighted by Crippen LogP contribution is 2.26. The van der Waals surface area contributed by atoms with E-state index in [-0.39, 0.29) is 12.3 Å². The van der Waals surface area contributed by atoms with E-state index in [2.05, 4.69) is 0 Å². The molecule has 0 aliphatic heterocycles. The lowest BCUT2D eigenvalue weighted by atomic mass is 10.1. The lowest BCUT2D eigenvalue weighted by Gasteiger charge is -2.15. The highest BCUT2D eigenvalue weighted by atomic mass is 19.2. The molecule has 0 aromatic heterocycles. The monoisotopic (exact) mass is 230 g/mol. The van der Waals surface area contributed by atoms with Gasteiger partial charge < -0.3 is 16.2 Å². The van der Waals surface area contributed by atoms with Gasteiger partial charge in [-0.05, 0) is 12.5 Å². The van der Waals surface area contributed by atoms with Crippen LogP contribution in [0.5, 0.6) is 5.75 Å². The second kappa shape index (κ2) is 5.77. The third-order valence-corrected chi connectivity index (χ3v) is 2.17. The first kappa shape index (κ1) is 12.9. The Balaban J connectivity index is 3.06. The molecular weight excluding hydrogens is 214 g/mol. The van der Waals surface area contributed by atoms with Crippen LogP contribution in [-0.4, -0.2) is 13.2 Å². The first-order chi connectivity index (χ1) is 7.60. The van der Waals surface area contributed by atoms with E-state index >= 15 is 0 Å². The van der Waals surface area contributed by atoms with Crippen molar-refractivity contribution in [2.75, 3.05) is 13.2 Å². The van der Waals surface area contributed by atoms with Crippen LogP contribution in [-0.2, 0) is 0 Å². The van der Waals surface area contributed by atoms with Crippen LogP contribution >= 0.6 is 0 Å². The number of hydrogen-bond acceptors (Lipinski definition) is 3. The van der Waals surface area contributed by atoms with Crippen molar-refractivity contribution in [1.82, 2.24) is 0 Å². The van der Waals surface area contributed by atoms with Crippen LogP contribution in [0.25, 0.3) is 0 Å². The number of ether oxygens (including phenoxy) is 1.